The average molecular weight is 349 g/mol. The Kier molecular flexibility index (Phi) is 6.08. The van der Waals surface area contributed by atoms with E-state index in [9.17, 15) is 9.90 Å². The first kappa shape index (κ1) is 18.2. The molecule has 0 fully saturated rings. The maximum atomic E-state index is 12.7. The fraction of sp³-hybridized carbons (Fsp3) is 0.273. The van der Waals surface area contributed by atoms with Gasteiger partial charge >= 0.3 is 0 Å². The number of hydrogen-bond acceptors (Lipinski definition) is 2. The lowest BCUT2D eigenvalue weighted by Gasteiger charge is -2.20. The summed E-state index contributed by atoms with van der Waals surface area (Å²) in [6, 6.07) is 17.7. The van der Waals surface area contributed by atoms with Gasteiger partial charge in [0, 0.05) is 23.0 Å². The number of carbonyl (C=O) groups is 1. The number of amides is 1. The van der Waals surface area contributed by atoms with Gasteiger partial charge in [-0.15, -0.1) is 0 Å². The van der Waals surface area contributed by atoms with Gasteiger partial charge < -0.3 is 15.4 Å². The highest BCUT2D eigenvalue weighted by Crippen LogP contribution is 2.22. The Balaban J connectivity index is 1.66. The summed E-state index contributed by atoms with van der Waals surface area (Å²) in [5, 5.41) is 13.8. The number of para-hydroxylation sites is 1. The van der Waals surface area contributed by atoms with Crippen molar-refractivity contribution in [1.82, 2.24) is 10.3 Å². The summed E-state index contributed by atoms with van der Waals surface area (Å²) in [7, 11) is 0. The quantitative estimate of drug-likeness (QED) is 0.584. The molecule has 135 valence electrons. The average Bonchev–Trinajstić information content (AvgIpc) is 3.09. The van der Waals surface area contributed by atoms with Crippen molar-refractivity contribution in [2.45, 2.75) is 25.8 Å². The number of rotatable bonds is 8. The summed E-state index contributed by atoms with van der Waals surface area (Å²) in [4.78, 5) is 16.0. The molecule has 0 saturated carbocycles. The third-order valence-electron chi connectivity index (χ3n) is 4.75. The second-order valence-corrected chi connectivity index (χ2v) is 6.58. The van der Waals surface area contributed by atoms with Crippen molar-refractivity contribution in [2.75, 3.05) is 6.61 Å². The Bertz CT molecular complexity index is 841. The lowest BCUT2D eigenvalue weighted by molar-refractivity contribution is -0.125. The number of hydrogen-bond donors (Lipinski definition) is 3. The molecule has 3 N–H and O–H groups in total. The van der Waals surface area contributed by atoms with E-state index in [1.165, 1.54) is 0 Å². The fourth-order valence-corrected chi connectivity index (χ4v) is 3.27. The normalized spacial score (nSPS) is 13.5. The van der Waals surface area contributed by atoms with Gasteiger partial charge in [0.25, 0.3) is 0 Å². The molecule has 3 aromatic rings. The van der Waals surface area contributed by atoms with Gasteiger partial charge in [-0.1, -0.05) is 55.5 Å². The Labute approximate surface area is 154 Å². The number of fused-ring (bicyclic) bond motifs is 1. The lowest BCUT2D eigenvalue weighted by Crippen LogP contribution is -2.42. The summed E-state index contributed by atoms with van der Waals surface area (Å²) >= 11 is 0. The smallest absolute Gasteiger partial charge is 0.224 e. The van der Waals surface area contributed by atoms with Crippen molar-refractivity contribution >= 4 is 16.8 Å². The number of aliphatic hydroxyl groups is 1. The molecule has 2 atom stereocenters. The molecule has 0 aliphatic heterocycles. The van der Waals surface area contributed by atoms with Crippen molar-refractivity contribution in [3.63, 3.8) is 0 Å². The van der Waals surface area contributed by atoms with Crippen LogP contribution < -0.4 is 5.32 Å². The first-order chi connectivity index (χ1) is 12.7. The van der Waals surface area contributed by atoms with Crippen LogP contribution in [0.25, 0.3) is 10.9 Å². The van der Waals surface area contributed by atoms with E-state index in [1.54, 1.807) is 0 Å². The minimum atomic E-state index is -0.282. The molecule has 4 heteroatoms. The van der Waals surface area contributed by atoms with Crippen LogP contribution in [-0.4, -0.2) is 28.6 Å². The Morgan fingerprint density at radius 1 is 1.12 bits per heavy atom. The minimum absolute atomic E-state index is 0.0484. The van der Waals surface area contributed by atoms with E-state index in [2.05, 4.69) is 16.4 Å². The number of aromatic nitrogens is 1. The first-order valence-electron chi connectivity index (χ1n) is 9.01. The van der Waals surface area contributed by atoms with E-state index in [0.717, 1.165) is 22.0 Å². The van der Waals surface area contributed by atoms with E-state index >= 15 is 0 Å². The third-order valence-corrected chi connectivity index (χ3v) is 4.75. The van der Waals surface area contributed by atoms with Crippen molar-refractivity contribution in [2.24, 2.45) is 5.92 Å². The van der Waals surface area contributed by atoms with Crippen LogP contribution in [0, 0.1) is 12.3 Å². The Morgan fingerprint density at radius 2 is 1.85 bits per heavy atom. The van der Waals surface area contributed by atoms with Crippen LogP contribution in [0.4, 0.5) is 0 Å². The molecule has 0 bridgehead atoms. The molecular formula is C22H25N2O2. The van der Waals surface area contributed by atoms with Crippen LogP contribution in [0.15, 0.2) is 60.8 Å². The summed E-state index contributed by atoms with van der Waals surface area (Å²) in [5.74, 6) is -0.285. The molecule has 2 unspecified atom stereocenters. The lowest BCUT2D eigenvalue weighted by atomic mass is 9.95. The molecule has 1 amide bonds. The number of H-pyrrole nitrogens is 1. The molecule has 0 spiro atoms. The number of carbonyl (C=O) groups excluding carboxylic acids is 1. The summed E-state index contributed by atoms with van der Waals surface area (Å²) in [6.07, 6.45) is 5.15. The Hall–Kier alpha value is -2.59. The highest BCUT2D eigenvalue weighted by atomic mass is 16.3. The van der Waals surface area contributed by atoms with E-state index in [0.29, 0.717) is 12.8 Å². The van der Waals surface area contributed by atoms with Gasteiger partial charge in [-0.05, 0) is 36.5 Å². The highest BCUT2D eigenvalue weighted by Gasteiger charge is 2.21. The molecule has 4 nitrogen and oxygen atoms in total. The summed E-state index contributed by atoms with van der Waals surface area (Å²) < 4.78 is 0. The van der Waals surface area contributed by atoms with E-state index in [1.807, 2.05) is 68.1 Å². The molecule has 2 aromatic carbocycles. The predicted octanol–water partition coefficient (Wildman–Crippen LogP) is 3.27. The molecule has 0 aliphatic rings. The summed E-state index contributed by atoms with van der Waals surface area (Å²) in [5.41, 5.74) is 3.30. The molecule has 1 heterocycles. The topological polar surface area (TPSA) is 65.1 Å². The first-order valence-corrected chi connectivity index (χ1v) is 9.01. The van der Waals surface area contributed by atoms with Crippen LogP contribution in [0.1, 0.15) is 18.1 Å². The fourth-order valence-electron chi connectivity index (χ4n) is 3.27. The van der Waals surface area contributed by atoms with Gasteiger partial charge in [-0.3, -0.25) is 4.79 Å². The SMILES string of the molecule is C[CH]C(Cc1c[nH]c2ccccc12)C(=O)NC(CO)Cc1ccccc1. The van der Waals surface area contributed by atoms with Crippen molar-refractivity contribution in [3.05, 3.63) is 78.3 Å². The van der Waals surface area contributed by atoms with Gasteiger partial charge in [-0.2, -0.15) is 0 Å². The zero-order chi connectivity index (χ0) is 18.4. The predicted molar refractivity (Wildman–Crippen MR) is 105 cm³/mol. The van der Waals surface area contributed by atoms with Crippen molar-refractivity contribution in [3.8, 4) is 0 Å². The largest absolute Gasteiger partial charge is 0.394 e. The molecule has 0 saturated heterocycles. The molecule has 1 aromatic heterocycles. The van der Waals surface area contributed by atoms with Crippen LogP contribution in [-0.2, 0) is 17.6 Å². The molecule has 1 radical (unpaired) electrons. The monoisotopic (exact) mass is 349 g/mol. The van der Waals surface area contributed by atoms with Crippen molar-refractivity contribution < 1.29 is 9.90 Å². The van der Waals surface area contributed by atoms with E-state index in [-0.39, 0.29) is 24.5 Å². The van der Waals surface area contributed by atoms with Gasteiger partial charge in [0.1, 0.15) is 0 Å². The van der Waals surface area contributed by atoms with Crippen LogP contribution in [0.2, 0.25) is 0 Å². The molecule has 0 aliphatic carbocycles. The van der Waals surface area contributed by atoms with E-state index in [4.69, 9.17) is 0 Å². The summed E-state index contributed by atoms with van der Waals surface area (Å²) in [6.45, 7) is 1.83. The third kappa shape index (κ3) is 4.33. The second kappa shape index (κ2) is 8.68. The zero-order valence-corrected chi connectivity index (χ0v) is 15.0. The van der Waals surface area contributed by atoms with Gasteiger partial charge in [0.15, 0.2) is 0 Å². The van der Waals surface area contributed by atoms with Gasteiger partial charge in [0.05, 0.1) is 12.6 Å². The van der Waals surface area contributed by atoms with E-state index < -0.39 is 0 Å². The molecule has 26 heavy (non-hydrogen) atoms. The maximum Gasteiger partial charge on any atom is 0.224 e. The van der Waals surface area contributed by atoms with Gasteiger partial charge in [0.2, 0.25) is 5.91 Å². The highest BCUT2D eigenvalue weighted by molar-refractivity contribution is 5.85. The molecular weight excluding hydrogens is 324 g/mol. The number of benzene rings is 2. The van der Waals surface area contributed by atoms with Crippen molar-refractivity contribution in [1.29, 1.82) is 0 Å². The number of aromatic amines is 1. The standard InChI is InChI=1S/C22H25N2O2/c1-2-17(13-18-14-23-21-11-7-6-10-20(18)21)22(26)24-19(15-25)12-16-8-4-3-5-9-16/h2-11,14,17,19,23,25H,12-13,15H2,1H3,(H,24,26). The zero-order valence-electron chi connectivity index (χ0n) is 15.0. The second-order valence-electron chi connectivity index (χ2n) is 6.58. The van der Waals surface area contributed by atoms with Crippen LogP contribution in [0.3, 0.4) is 0 Å². The number of nitrogens with one attached hydrogen (secondary N) is 2. The Morgan fingerprint density at radius 3 is 2.58 bits per heavy atom. The minimum Gasteiger partial charge on any atom is -0.394 e. The van der Waals surface area contributed by atoms with Gasteiger partial charge in [-0.25, -0.2) is 0 Å². The van der Waals surface area contributed by atoms with Crippen LogP contribution >= 0.6 is 0 Å². The molecule has 3 rings (SSSR count). The van der Waals surface area contributed by atoms with Crippen LogP contribution in [0.5, 0.6) is 0 Å². The number of aliphatic hydroxyl groups excluding tert-OH is 1. The maximum absolute atomic E-state index is 12.7.